The van der Waals surface area contributed by atoms with Gasteiger partial charge in [-0.1, -0.05) is 55.3 Å². The summed E-state index contributed by atoms with van der Waals surface area (Å²) in [4.78, 5) is 15.0. The summed E-state index contributed by atoms with van der Waals surface area (Å²) >= 11 is 0. The van der Waals surface area contributed by atoms with Gasteiger partial charge in [-0.15, -0.1) is 0 Å². The maximum atomic E-state index is 12.9. The van der Waals surface area contributed by atoms with Crippen LogP contribution in [0.4, 0.5) is 0 Å². The van der Waals surface area contributed by atoms with E-state index in [9.17, 15) is 4.79 Å². The van der Waals surface area contributed by atoms with Gasteiger partial charge in [0.25, 0.3) is 0 Å². The molecule has 0 N–H and O–H groups in total. The Balaban J connectivity index is 1.85. The first kappa shape index (κ1) is 15.1. The summed E-state index contributed by atoms with van der Waals surface area (Å²) in [7, 11) is 0. The van der Waals surface area contributed by atoms with Crippen LogP contribution in [0.3, 0.4) is 0 Å². The fourth-order valence-corrected chi connectivity index (χ4v) is 3.80. The third-order valence-corrected chi connectivity index (χ3v) is 4.78. The van der Waals surface area contributed by atoms with Crippen LogP contribution in [0.15, 0.2) is 42.5 Å². The molecule has 1 saturated carbocycles. The lowest BCUT2D eigenvalue weighted by atomic mass is 10.0. The van der Waals surface area contributed by atoms with Crippen LogP contribution in [0.25, 0.3) is 10.8 Å². The minimum absolute atomic E-state index is 0.276. The predicted molar refractivity (Wildman–Crippen MR) is 91.9 cm³/mol. The lowest BCUT2D eigenvalue weighted by molar-refractivity contribution is -0.134. The van der Waals surface area contributed by atoms with Crippen molar-refractivity contribution in [2.24, 2.45) is 0 Å². The predicted octanol–water partition coefficient (Wildman–Crippen LogP) is 4.56. The Morgan fingerprint density at radius 3 is 2.50 bits per heavy atom. The lowest BCUT2D eigenvalue weighted by Gasteiger charge is -2.33. The molecule has 1 aliphatic carbocycles. The molecule has 0 unspecified atom stereocenters. The van der Waals surface area contributed by atoms with Crippen molar-refractivity contribution in [2.45, 2.75) is 58.0 Å². The number of carbonyl (C=O) groups excluding carboxylic acids is 1. The van der Waals surface area contributed by atoms with E-state index in [1.54, 1.807) is 0 Å². The first-order valence-electron chi connectivity index (χ1n) is 8.44. The van der Waals surface area contributed by atoms with Gasteiger partial charge in [-0.25, -0.2) is 0 Å². The molecule has 2 nitrogen and oxygen atoms in total. The summed E-state index contributed by atoms with van der Waals surface area (Å²) in [5.74, 6) is 0.276. The van der Waals surface area contributed by atoms with E-state index in [4.69, 9.17) is 0 Å². The molecule has 0 atom stereocenters. The zero-order chi connectivity index (χ0) is 15.5. The van der Waals surface area contributed by atoms with E-state index >= 15 is 0 Å². The molecule has 22 heavy (non-hydrogen) atoms. The van der Waals surface area contributed by atoms with E-state index in [1.165, 1.54) is 36.5 Å². The molecule has 0 aliphatic heterocycles. The Morgan fingerprint density at radius 2 is 1.77 bits per heavy atom. The molecule has 0 aromatic heterocycles. The van der Waals surface area contributed by atoms with Crippen molar-refractivity contribution in [2.75, 3.05) is 0 Å². The zero-order valence-electron chi connectivity index (χ0n) is 13.6. The molecular formula is C20H25NO. The van der Waals surface area contributed by atoms with Crippen LogP contribution in [-0.4, -0.2) is 22.9 Å². The average molecular weight is 295 g/mol. The van der Waals surface area contributed by atoms with Crippen LogP contribution in [-0.2, 0) is 11.2 Å². The van der Waals surface area contributed by atoms with Crippen molar-refractivity contribution in [3.63, 3.8) is 0 Å². The van der Waals surface area contributed by atoms with E-state index in [2.05, 4.69) is 49.1 Å². The maximum Gasteiger partial charge on any atom is 0.227 e. The number of amides is 1. The van der Waals surface area contributed by atoms with Gasteiger partial charge in [0.05, 0.1) is 6.42 Å². The summed E-state index contributed by atoms with van der Waals surface area (Å²) in [6.07, 6.45) is 5.36. The maximum absolute atomic E-state index is 12.9. The molecule has 0 radical (unpaired) electrons. The zero-order valence-corrected chi connectivity index (χ0v) is 13.6. The molecule has 1 aliphatic rings. The first-order chi connectivity index (χ1) is 10.7. The highest BCUT2D eigenvalue weighted by Crippen LogP contribution is 2.27. The van der Waals surface area contributed by atoms with Crippen molar-refractivity contribution in [1.29, 1.82) is 0 Å². The van der Waals surface area contributed by atoms with Gasteiger partial charge in [0.2, 0.25) is 5.91 Å². The normalized spacial score (nSPS) is 15.6. The molecule has 2 aromatic rings. The summed E-state index contributed by atoms with van der Waals surface area (Å²) in [5.41, 5.74) is 1.15. The largest absolute Gasteiger partial charge is 0.337 e. The fraction of sp³-hybridized carbons (Fsp3) is 0.450. The molecular weight excluding hydrogens is 270 g/mol. The van der Waals surface area contributed by atoms with Gasteiger partial charge in [0, 0.05) is 12.1 Å². The highest BCUT2D eigenvalue weighted by atomic mass is 16.2. The smallest absolute Gasteiger partial charge is 0.227 e. The Kier molecular flexibility index (Phi) is 4.47. The first-order valence-corrected chi connectivity index (χ1v) is 8.44. The van der Waals surface area contributed by atoms with E-state index in [-0.39, 0.29) is 11.9 Å². The highest BCUT2D eigenvalue weighted by Gasteiger charge is 2.28. The van der Waals surface area contributed by atoms with Crippen molar-refractivity contribution in [3.05, 3.63) is 48.0 Å². The highest BCUT2D eigenvalue weighted by molar-refractivity contribution is 5.90. The fourth-order valence-electron chi connectivity index (χ4n) is 3.80. The number of carbonyl (C=O) groups is 1. The van der Waals surface area contributed by atoms with Crippen LogP contribution in [0, 0.1) is 0 Å². The summed E-state index contributed by atoms with van der Waals surface area (Å²) in [6, 6.07) is 15.3. The molecule has 2 aromatic carbocycles. The third-order valence-electron chi connectivity index (χ3n) is 4.78. The van der Waals surface area contributed by atoms with Gasteiger partial charge in [-0.2, -0.15) is 0 Å². The molecule has 0 bridgehead atoms. The second-order valence-corrected chi connectivity index (χ2v) is 6.65. The molecule has 1 amide bonds. The van der Waals surface area contributed by atoms with Gasteiger partial charge in [0.1, 0.15) is 0 Å². The second-order valence-electron chi connectivity index (χ2n) is 6.65. The topological polar surface area (TPSA) is 20.3 Å². The molecule has 1 fully saturated rings. The summed E-state index contributed by atoms with van der Waals surface area (Å²) in [6.45, 7) is 4.28. The summed E-state index contributed by atoms with van der Waals surface area (Å²) < 4.78 is 0. The molecule has 0 saturated heterocycles. The Hall–Kier alpha value is -1.83. The second kappa shape index (κ2) is 6.51. The summed E-state index contributed by atoms with van der Waals surface area (Å²) in [5, 5.41) is 2.42. The quantitative estimate of drug-likeness (QED) is 0.809. The van der Waals surface area contributed by atoms with E-state index in [0.717, 1.165) is 5.56 Å². The SMILES string of the molecule is CC(C)N(C(=O)Cc1cccc2ccccc12)C1CCCC1. The Bertz CT molecular complexity index is 650. The minimum atomic E-state index is 0.276. The van der Waals surface area contributed by atoms with Crippen LogP contribution in [0.2, 0.25) is 0 Å². The van der Waals surface area contributed by atoms with Crippen molar-refractivity contribution < 1.29 is 4.79 Å². The number of benzene rings is 2. The number of hydrogen-bond donors (Lipinski definition) is 0. The number of rotatable bonds is 4. The van der Waals surface area contributed by atoms with Crippen molar-refractivity contribution in [1.82, 2.24) is 4.90 Å². The van der Waals surface area contributed by atoms with Crippen molar-refractivity contribution >= 4 is 16.7 Å². The van der Waals surface area contributed by atoms with Gasteiger partial charge < -0.3 is 4.90 Å². The van der Waals surface area contributed by atoms with Gasteiger partial charge in [0.15, 0.2) is 0 Å². The van der Waals surface area contributed by atoms with E-state index in [0.29, 0.717) is 12.5 Å². The monoisotopic (exact) mass is 295 g/mol. The molecule has 3 rings (SSSR count). The standard InChI is InChI=1S/C20H25NO/c1-15(2)21(18-11-4-5-12-18)20(22)14-17-10-7-9-16-8-3-6-13-19(16)17/h3,6-10,13,15,18H,4-5,11-12,14H2,1-2H3. The number of nitrogens with zero attached hydrogens (tertiary/aromatic N) is 1. The van der Waals surface area contributed by atoms with E-state index in [1.807, 2.05) is 12.1 Å². The van der Waals surface area contributed by atoms with Crippen LogP contribution in [0.5, 0.6) is 0 Å². The van der Waals surface area contributed by atoms with Crippen LogP contribution >= 0.6 is 0 Å². The van der Waals surface area contributed by atoms with Crippen LogP contribution < -0.4 is 0 Å². The number of fused-ring (bicyclic) bond motifs is 1. The Labute approximate surface area is 133 Å². The molecule has 0 heterocycles. The molecule has 0 spiro atoms. The lowest BCUT2D eigenvalue weighted by Crippen LogP contribution is -2.44. The number of hydrogen-bond acceptors (Lipinski definition) is 1. The van der Waals surface area contributed by atoms with Gasteiger partial charge in [-0.3, -0.25) is 4.79 Å². The van der Waals surface area contributed by atoms with Crippen LogP contribution in [0.1, 0.15) is 45.1 Å². The van der Waals surface area contributed by atoms with Gasteiger partial charge >= 0.3 is 0 Å². The van der Waals surface area contributed by atoms with E-state index < -0.39 is 0 Å². The average Bonchev–Trinajstić information content (AvgIpc) is 3.01. The van der Waals surface area contributed by atoms with Crippen molar-refractivity contribution in [3.8, 4) is 0 Å². The minimum Gasteiger partial charge on any atom is -0.337 e. The Morgan fingerprint density at radius 1 is 1.09 bits per heavy atom. The third kappa shape index (κ3) is 3.01. The molecule has 2 heteroatoms. The molecule has 116 valence electrons. The van der Waals surface area contributed by atoms with Gasteiger partial charge in [-0.05, 0) is 43.0 Å².